The number of rotatable bonds is 5. The molecule has 1 fully saturated rings. The summed E-state index contributed by atoms with van der Waals surface area (Å²) in [7, 11) is 0. The summed E-state index contributed by atoms with van der Waals surface area (Å²) in [5, 5.41) is 0.712. The largest absolute Gasteiger partial charge is 0.317 e. The van der Waals surface area contributed by atoms with Crippen molar-refractivity contribution in [2.75, 3.05) is 18.0 Å². The number of nitrogens with zero attached hydrogens (tertiary/aromatic N) is 2. The standard InChI is InChI=1S/C21H18Cl2F2N2O/c1-26-7-6-13-9-17(22)21(18(23)10-13)27-12-14(2-5-20(27)28)8-15-3-4-16(24)11-19(15)25/h3-4,9-11,14H,2,5-8,12H2. The van der Waals surface area contributed by atoms with Crippen LogP contribution in [0.4, 0.5) is 14.5 Å². The molecule has 0 aromatic heterocycles. The molecule has 0 spiro atoms. The Kier molecular flexibility index (Phi) is 6.53. The van der Waals surface area contributed by atoms with Crippen LogP contribution in [-0.2, 0) is 17.6 Å². The molecule has 1 amide bonds. The normalized spacial score (nSPS) is 16.9. The van der Waals surface area contributed by atoms with Crippen molar-refractivity contribution in [2.24, 2.45) is 5.92 Å². The molecule has 0 radical (unpaired) electrons. The van der Waals surface area contributed by atoms with Gasteiger partial charge in [-0.05, 0) is 48.1 Å². The molecule has 1 aliphatic heterocycles. The number of hydrogen-bond acceptors (Lipinski definition) is 1. The summed E-state index contributed by atoms with van der Waals surface area (Å²) in [5.41, 5.74) is 1.71. The maximum Gasteiger partial charge on any atom is 0.227 e. The first-order chi connectivity index (χ1) is 13.4. The van der Waals surface area contributed by atoms with Crippen LogP contribution < -0.4 is 4.90 Å². The molecule has 1 atom stereocenters. The van der Waals surface area contributed by atoms with Crippen molar-refractivity contribution in [3.05, 3.63) is 74.6 Å². The van der Waals surface area contributed by atoms with Crippen molar-refractivity contribution in [3.63, 3.8) is 0 Å². The zero-order chi connectivity index (χ0) is 20.3. The maximum atomic E-state index is 14.0. The van der Waals surface area contributed by atoms with E-state index in [1.54, 1.807) is 17.0 Å². The van der Waals surface area contributed by atoms with Crippen molar-refractivity contribution in [3.8, 4) is 0 Å². The Bertz CT molecular complexity index is 919. The van der Waals surface area contributed by atoms with Gasteiger partial charge in [-0.1, -0.05) is 29.3 Å². The molecule has 0 N–H and O–H groups in total. The lowest BCUT2D eigenvalue weighted by molar-refractivity contribution is -0.120. The molecule has 7 heteroatoms. The maximum absolute atomic E-state index is 14.0. The van der Waals surface area contributed by atoms with Crippen LogP contribution in [0.5, 0.6) is 0 Å². The summed E-state index contributed by atoms with van der Waals surface area (Å²) in [6.07, 6.45) is 1.85. The summed E-state index contributed by atoms with van der Waals surface area (Å²) in [5.74, 6) is -1.28. The minimum atomic E-state index is -0.612. The third-order valence-corrected chi connectivity index (χ3v) is 5.47. The van der Waals surface area contributed by atoms with E-state index in [9.17, 15) is 13.6 Å². The third-order valence-electron chi connectivity index (χ3n) is 4.89. The van der Waals surface area contributed by atoms with E-state index < -0.39 is 11.6 Å². The second kappa shape index (κ2) is 8.89. The van der Waals surface area contributed by atoms with E-state index in [1.807, 2.05) is 0 Å². The Hall–Kier alpha value is -2.16. The van der Waals surface area contributed by atoms with Gasteiger partial charge >= 0.3 is 0 Å². The van der Waals surface area contributed by atoms with E-state index >= 15 is 0 Å². The lowest BCUT2D eigenvalue weighted by Crippen LogP contribution is -2.41. The zero-order valence-corrected chi connectivity index (χ0v) is 16.5. The lowest BCUT2D eigenvalue weighted by atomic mass is 9.90. The third kappa shape index (κ3) is 4.63. The van der Waals surface area contributed by atoms with Crippen LogP contribution in [-0.4, -0.2) is 19.0 Å². The van der Waals surface area contributed by atoms with Gasteiger partial charge < -0.3 is 9.74 Å². The van der Waals surface area contributed by atoms with E-state index in [-0.39, 0.29) is 11.8 Å². The van der Waals surface area contributed by atoms with Crippen LogP contribution in [0.2, 0.25) is 10.0 Å². The van der Waals surface area contributed by atoms with Gasteiger partial charge in [0.1, 0.15) is 11.6 Å². The predicted molar refractivity (Wildman–Crippen MR) is 107 cm³/mol. The second-order valence-electron chi connectivity index (χ2n) is 6.89. The Morgan fingerprint density at radius 2 is 1.89 bits per heavy atom. The molecule has 2 aromatic rings. The molecule has 3 nitrogen and oxygen atoms in total. The van der Waals surface area contributed by atoms with Crippen molar-refractivity contribution in [1.29, 1.82) is 0 Å². The molecule has 1 aliphatic rings. The Morgan fingerprint density at radius 1 is 1.18 bits per heavy atom. The van der Waals surface area contributed by atoms with Gasteiger partial charge in [0.2, 0.25) is 12.5 Å². The smallest absolute Gasteiger partial charge is 0.227 e. The molecule has 28 heavy (non-hydrogen) atoms. The minimum absolute atomic E-state index is 0.00610. The SMILES string of the molecule is [C-]#[N+]CCc1cc(Cl)c(N2CC(Cc3ccc(F)cc3F)CCC2=O)c(Cl)c1. The van der Waals surface area contributed by atoms with Crippen LogP contribution >= 0.6 is 23.2 Å². The highest BCUT2D eigenvalue weighted by atomic mass is 35.5. The lowest BCUT2D eigenvalue weighted by Gasteiger charge is -2.34. The summed E-state index contributed by atoms with van der Waals surface area (Å²) < 4.78 is 27.1. The fourth-order valence-corrected chi connectivity index (χ4v) is 4.24. The molecule has 3 rings (SSSR count). The van der Waals surface area contributed by atoms with E-state index in [4.69, 9.17) is 29.8 Å². The highest BCUT2D eigenvalue weighted by Gasteiger charge is 2.30. The van der Waals surface area contributed by atoms with Crippen molar-refractivity contribution in [1.82, 2.24) is 0 Å². The summed E-state index contributed by atoms with van der Waals surface area (Å²) in [4.78, 5) is 17.4. The molecular formula is C21H18Cl2F2N2O. The fraction of sp³-hybridized carbons (Fsp3) is 0.333. The second-order valence-corrected chi connectivity index (χ2v) is 7.70. The van der Waals surface area contributed by atoms with Crippen LogP contribution in [0, 0.1) is 24.1 Å². The number of carbonyl (C=O) groups excluding carboxylic acids is 1. The molecule has 0 saturated carbocycles. The number of piperidine rings is 1. The van der Waals surface area contributed by atoms with Crippen molar-refractivity contribution < 1.29 is 13.6 Å². The average Bonchev–Trinajstić information content (AvgIpc) is 2.64. The van der Waals surface area contributed by atoms with Crippen molar-refractivity contribution in [2.45, 2.75) is 25.7 Å². The molecule has 0 aliphatic carbocycles. The number of hydrogen-bond donors (Lipinski definition) is 0. The summed E-state index contributed by atoms with van der Waals surface area (Å²) in [6, 6.07) is 7.00. The van der Waals surface area contributed by atoms with Gasteiger partial charge in [0.15, 0.2) is 0 Å². The first-order valence-corrected chi connectivity index (χ1v) is 9.70. The van der Waals surface area contributed by atoms with E-state index in [1.165, 1.54) is 12.1 Å². The van der Waals surface area contributed by atoms with Crippen LogP contribution in [0.15, 0.2) is 30.3 Å². The molecule has 1 saturated heterocycles. The van der Waals surface area contributed by atoms with E-state index in [0.717, 1.165) is 11.6 Å². The van der Waals surface area contributed by atoms with Crippen LogP contribution in [0.3, 0.4) is 0 Å². The molecule has 2 aromatic carbocycles. The molecular weight excluding hydrogens is 405 g/mol. The van der Waals surface area contributed by atoms with Gasteiger partial charge in [-0.3, -0.25) is 4.79 Å². The number of halogens is 4. The predicted octanol–water partition coefficient (Wildman–Crippen LogP) is 5.72. The van der Waals surface area contributed by atoms with E-state index in [2.05, 4.69) is 4.85 Å². The zero-order valence-electron chi connectivity index (χ0n) is 15.0. The van der Waals surface area contributed by atoms with E-state index in [0.29, 0.717) is 60.1 Å². The van der Waals surface area contributed by atoms with Gasteiger partial charge in [-0.15, -0.1) is 0 Å². The first-order valence-electron chi connectivity index (χ1n) is 8.94. The highest BCUT2D eigenvalue weighted by Crippen LogP contribution is 2.38. The molecule has 146 valence electrons. The monoisotopic (exact) mass is 422 g/mol. The van der Waals surface area contributed by atoms with Gasteiger partial charge in [0.05, 0.1) is 15.7 Å². The van der Waals surface area contributed by atoms with Crippen LogP contribution in [0.25, 0.3) is 4.85 Å². The summed E-state index contributed by atoms with van der Waals surface area (Å²) in [6.45, 7) is 7.58. The number of benzene rings is 2. The quantitative estimate of drug-likeness (QED) is 0.565. The Morgan fingerprint density at radius 3 is 2.54 bits per heavy atom. The van der Waals surface area contributed by atoms with Gasteiger partial charge in [-0.25, -0.2) is 15.4 Å². The highest BCUT2D eigenvalue weighted by molar-refractivity contribution is 6.40. The molecule has 1 unspecified atom stereocenters. The number of carbonyl (C=O) groups is 1. The fourth-order valence-electron chi connectivity index (χ4n) is 3.50. The first kappa shape index (κ1) is 20.6. The average molecular weight is 423 g/mol. The number of anilines is 1. The van der Waals surface area contributed by atoms with Crippen LogP contribution in [0.1, 0.15) is 24.0 Å². The Labute approximate surface area is 172 Å². The van der Waals surface area contributed by atoms with Crippen molar-refractivity contribution >= 4 is 34.8 Å². The number of amides is 1. The van der Waals surface area contributed by atoms with Gasteiger partial charge in [0.25, 0.3) is 0 Å². The Balaban J connectivity index is 1.81. The van der Waals surface area contributed by atoms with Gasteiger partial charge in [0, 0.05) is 25.5 Å². The molecule has 1 heterocycles. The van der Waals surface area contributed by atoms with Gasteiger partial charge in [-0.2, -0.15) is 0 Å². The molecule has 0 bridgehead atoms. The topological polar surface area (TPSA) is 24.7 Å². The minimum Gasteiger partial charge on any atom is -0.317 e. The summed E-state index contributed by atoms with van der Waals surface area (Å²) >= 11 is 12.8.